The van der Waals surface area contributed by atoms with Gasteiger partial charge in [0.2, 0.25) is 0 Å². The summed E-state index contributed by atoms with van der Waals surface area (Å²) >= 11 is 13.9. The number of thiophene rings is 1. The standard InChI is InChI=1S/C12H7Cl2N3O2S3/c13-11-5-10(12(14)21-11)22(18,19)16-8-3-1-7(2-4-8)9-6-20-17-15-9/h1-6,16H. The third kappa shape index (κ3) is 3.26. The zero-order chi connectivity index (χ0) is 15.7. The van der Waals surface area contributed by atoms with E-state index in [0.29, 0.717) is 10.0 Å². The van der Waals surface area contributed by atoms with Crippen molar-refractivity contribution in [3.63, 3.8) is 0 Å². The molecule has 1 aromatic carbocycles. The van der Waals surface area contributed by atoms with Gasteiger partial charge in [-0.25, -0.2) is 8.42 Å². The Morgan fingerprint density at radius 2 is 1.86 bits per heavy atom. The minimum absolute atomic E-state index is 0.0306. The van der Waals surface area contributed by atoms with Crippen molar-refractivity contribution in [2.75, 3.05) is 4.72 Å². The normalized spacial score (nSPS) is 11.5. The number of rotatable bonds is 4. The van der Waals surface area contributed by atoms with Crippen LogP contribution in [0.2, 0.25) is 8.67 Å². The molecule has 0 aliphatic rings. The van der Waals surface area contributed by atoms with Gasteiger partial charge in [0.1, 0.15) is 14.9 Å². The first-order valence-electron chi connectivity index (χ1n) is 5.81. The molecule has 0 spiro atoms. The maximum absolute atomic E-state index is 12.3. The summed E-state index contributed by atoms with van der Waals surface area (Å²) in [6.07, 6.45) is 0. The molecular formula is C12H7Cl2N3O2S3. The maximum Gasteiger partial charge on any atom is 0.264 e. The van der Waals surface area contributed by atoms with Crippen LogP contribution in [0.15, 0.2) is 40.6 Å². The van der Waals surface area contributed by atoms with Gasteiger partial charge >= 0.3 is 0 Å². The Morgan fingerprint density at radius 3 is 2.41 bits per heavy atom. The van der Waals surface area contributed by atoms with Crippen molar-refractivity contribution >= 4 is 61.8 Å². The molecule has 2 aromatic heterocycles. The summed E-state index contributed by atoms with van der Waals surface area (Å²) < 4.78 is 31.3. The van der Waals surface area contributed by atoms with Crippen LogP contribution in [0.25, 0.3) is 11.3 Å². The zero-order valence-corrected chi connectivity index (χ0v) is 14.6. The zero-order valence-electron chi connectivity index (χ0n) is 10.7. The lowest BCUT2D eigenvalue weighted by Crippen LogP contribution is -2.12. The van der Waals surface area contributed by atoms with Crippen LogP contribution in [0, 0.1) is 0 Å². The molecule has 0 bridgehead atoms. The molecule has 2 heterocycles. The molecule has 0 radical (unpaired) electrons. The van der Waals surface area contributed by atoms with Crippen LogP contribution < -0.4 is 4.72 Å². The Balaban J connectivity index is 1.85. The van der Waals surface area contributed by atoms with Gasteiger partial charge in [0.15, 0.2) is 0 Å². The second-order valence-electron chi connectivity index (χ2n) is 4.16. The first-order valence-corrected chi connectivity index (χ1v) is 9.70. The third-order valence-corrected chi connectivity index (χ3v) is 6.35. The van der Waals surface area contributed by atoms with E-state index in [1.165, 1.54) is 17.6 Å². The van der Waals surface area contributed by atoms with Gasteiger partial charge < -0.3 is 0 Å². The van der Waals surface area contributed by atoms with E-state index >= 15 is 0 Å². The average Bonchev–Trinajstić information content (AvgIpc) is 3.09. The second kappa shape index (κ2) is 6.13. The third-order valence-electron chi connectivity index (χ3n) is 2.71. The summed E-state index contributed by atoms with van der Waals surface area (Å²) in [4.78, 5) is -0.0306. The molecule has 0 atom stereocenters. The highest BCUT2D eigenvalue weighted by Gasteiger charge is 2.21. The van der Waals surface area contributed by atoms with Crippen LogP contribution in [0.1, 0.15) is 0 Å². The predicted molar refractivity (Wildman–Crippen MR) is 90.5 cm³/mol. The topological polar surface area (TPSA) is 72.0 Å². The molecule has 0 aliphatic heterocycles. The first-order chi connectivity index (χ1) is 10.5. The molecule has 5 nitrogen and oxygen atoms in total. The van der Waals surface area contributed by atoms with E-state index in [9.17, 15) is 8.42 Å². The largest absolute Gasteiger partial charge is 0.280 e. The van der Waals surface area contributed by atoms with E-state index in [4.69, 9.17) is 23.2 Å². The summed E-state index contributed by atoms with van der Waals surface area (Å²) in [6.45, 7) is 0. The molecule has 0 saturated heterocycles. The SMILES string of the molecule is O=S(=O)(Nc1ccc(-c2csnn2)cc1)c1cc(Cl)sc1Cl. The molecule has 3 aromatic rings. The smallest absolute Gasteiger partial charge is 0.264 e. The molecule has 0 amide bonds. The van der Waals surface area contributed by atoms with E-state index in [-0.39, 0.29) is 9.23 Å². The molecule has 0 unspecified atom stereocenters. The number of hydrogen-bond donors (Lipinski definition) is 1. The quantitative estimate of drug-likeness (QED) is 0.716. The van der Waals surface area contributed by atoms with Crippen molar-refractivity contribution < 1.29 is 8.42 Å². The van der Waals surface area contributed by atoms with E-state index in [0.717, 1.165) is 22.6 Å². The molecule has 0 aliphatic carbocycles. The maximum atomic E-state index is 12.3. The number of nitrogens with zero attached hydrogens (tertiary/aromatic N) is 2. The fourth-order valence-corrected chi connectivity index (χ4v) is 5.39. The van der Waals surface area contributed by atoms with Crippen LogP contribution in [-0.4, -0.2) is 18.0 Å². The Hall–Kier alpha value is -1.19. The monoisotopic (exact) mass is 391 g/mol. The number of halogens is 2. The Labute approximate surface area is 144 Å². The summed E-state index contributed by atoms with van der Waals surface area (Å²) in [5, 5.41) is 5.76. The molecular weight excluding hydrogens is 385 g/mol. The molecule has 10 heteroatoms. The summed E-state index contributed by atoms with van der Waals surface area (Å²) in [7, 11) is -3.77. The molecule has 3 rings (SSSR count). The highest BCUT2D eigenvalue weighted by molar-refractivity contribution is 7.93. The fourth-order valence-electron chi connectivity index (χ4n) is 1.72. The van der Waals surface area contributed by atoms with Gasteiger partial charge in [-0.1, -0.05) is 39.8 Å². The number of sulfonamides is 1. The van der Waals surface area contributed by atoms with Crippen LogP contribution in [0.5, 0.6) is 0 Å². The molecule has 0 saturated carbocycles. The number of benzene rings is 1. The van der Waals surface area contributed by atoms with Crippen molar-refractivity contribution in [3.05, 3.63) is 44.4 Å². The van der Waals surface area contributed by atoms with Gasteiger partial charge in [-0.3, -0.25) is 4.72 Å². The highest BCUT2D eigenvalue weighted by atomic mass is 35.5. The minimum Gasteiger partial charge on any atom is -0.280 e. The van der Waals surface area contributed by atoms with Gasteiger partial charge in [0.05, 0.1) is 4.34 Å². The number of aromatic nitrogens is 2. The van der Waals surface area contributed by atoms with Crippen molar-refractivity contribution in [1.82, 2.24) is 9.59 Å². The molecule has 0 fully saturated rings. The van der Waals surface area contributed by atoms with Crippen molar-refractivity contribution in [2.45, 2.75) is 4.90 Å². The Bertz CT molecular complexity index is 890. The van der Waals surface area contributed by atoms with Crippen molar-refractivity contribution in [2.24, 2.45) is 0 Å². The van der Waals surface area contributed by atoms with E-state index in [1.807, 2.05) is 5.38 Å². The second-order valence-corrected chi connectivity index (χ2v) is 8.71. The Morgan fingerprint density at radius 1 is 1.14 bits per heavy atom. The lowest BCUT2D eigenvalue weighted by atomic mass is 10.2. The summed E-state index contributed by atoms with van der Waals surface area (Å²) in [6, 6.07) is 8.14. The summed E-state index contributed by atoms with van der Waals surface area (Å²) in [5.41, 5.74) is 2.02. The van der Waals surface area contributed by atoms with Crippen molar-refractivity contribution in [3.8, 4) is 11.3 Å². The lowest BCUT2D eigenvalue weighted by Gasteiger charge is -2.07. The van der Waals surface area contributed by atoms with Crippen LogP contribution >= 0.6 is 46.1 Å². The van der Waals surface area contributed by atoms with Crippen LogP contribution in [0.4, 0.5) is 5.69 Å². The fraction of sp³-hybridized carbons (Fsp3) is 0. The van der Waals surface area contributed by atoms with Crippen LogP contribution in [0.3, 0.4) is 0 Å². The number of hydrogen-bond acceptors (Lipinski definition) is 6. The van der Waals surface area contributed by atoms with E-state index in [2.05, 4.69) is 14.3 Å². The number of anilines is 1. The molecule has 1 N–H and O–H groups in total. The summed E-state index contributed by atoms with van der Waals surface area (Å²) in [5.74, 6) is 0. The van der Waals surface area contributed by atoms with Gasteiger partial charge in [-0.2, -0.15) is 0 Å². The van der Waals surface area contributed by atoms with Gasteiger partial charge in [0, 0.05) is 16.6 Å². The van der Waals surface area contributed by atoms with E-state index in [1.54, 1.807) is 24.3 Å². The van der Waals surface area contributed by atoms with Crippen LogP contribution in [-0.2, 0) is 10.0 Å². The van der Waals surface area contributed by atoms with Gasteiger partial charge in [-0.05, 0) is 29.7 Å². The molecule has 114 valence electrons. The lowest BCUT2D eigenvalue weighted by molar-refractivity contribution is 0.601. The van der Waals surface area contributed by atoms with Gasteiger partial charge in [-0.15, -0.1) is 16.4 Å². The molecule has 22 heavy (non-hydrogen) atoms. The first kappa shape index (κ1) is 15.7. The number of nitrogens with one attached hydrogen (secondary N) is 1. The van der Waals surface area contributed by atoms with Gasteiger partial charge in [0.25, 0.3) is 10.0 Å². The highest BCUT2D eigenvalue weighted by Crippen LogP contribution is 2.35. The average molecular weight is 392 g/mol. The van der Waals surface area contributed by atoms with Crippen molar-refractivity contribution in [1.29, 1.82) is 0 Å². The minimum atomic E-state index is -3.77. The van der Waals surface area contributed by atoms with E-state index < -0.39 is 10.0 Å². The predicted octanol–water partition coefficient (Wildman–Crippen LogP) is 4.37. The Kier molecular flexibility index (Phi) is 4.37.